The molecule has 0 N–H and O–H groups in total. The summed E-state index contributed by atoms with van der Waals surface area (Å²) in [6, 6.07) is 0.674. The predicted octanol–water partition coefficient (Wildman–Crippen LogP) is 2.24. The summed E-state index contributed by atoms with van der Waals surface area (Å²) in [7, 11) is 0. The number of imidazole rings is 1. The molecule has 5 heterocycles. The molecule has 30 heavy (non-hydrogen) atoms. The SMILES string of the molecule is Cc1nc2sccn2c1CN1CCC(N2CCC(C(=O)N3CCOCC3)CC2)CC1. The standard InChI is InChI=1S/C22H33N5O2S/c1-17-20(27-12-15-30-22(27)23-17)16-24-6-4-19(5-7-24)25-8-2-18(3-9-25)21(28)26-10-13-29-14-11-26/h12,15,18-19H,2-11,13-14,16H2,1H3. The molecule has 0 spiro atoms. The molecule has 3 aliphatic rings. The van der Waals surface area contributed by atoms with Crippen LogP contribution in [0.5, 0.6) is 0 Å². The average Bonchev–Trinajstić information content (AvgIpc) is 3.36. The zero-order valence-electron chi connectivity index (χ0n) is 18.0. The maximum Gasteiger partial charge on any atom is 0.225 e. The lowest BCUT2D eigenvalue weighted by Gasteiger charge is -2.42. The average molecular weight is 432 g/mol. The molecule has 2 aromatic rings. The Hall–Kier alpha value is -1.48. The Bertz CT molecular complexity index is 858. The van der Waals surface area contributed by atoms with E-state index in [0.29, 0.717) is 25.2 Å². The third-order valence-corrected chi connectivity index (χ3v) is 7.97. The van der Waals surface area contributed by atoms with E-state index in [1.165, 1.54) is 18.5 Å². The van der Waals surface area contributed by atoms with Crippen molar-refractivity contribution in [3.8, 4) is 0 Å². The molecule has 1 amide bonds. The Kier molecular flexibility index (Phi) is 6.09. The maximum atomic E-state index is 12.8. The zero-order chi connectivity index (χ0) is 20.5. The summed E-state index contributed by atoms with van der Waals surface area (Å²) in [4.78, 5) is 25.8. The summed E-state index contributed by atoms with van der Waals surface area (Å²) in [5.74, 6) is 0.584. The Labute approximate surface area is 182 Å². The molecule has 2 aromatic heterocycles. The number of morpholine rings is 1. The van der Waals surface area contributed by atoms with E-state index in [-0.39, 0.29) is 5.92 Å². The Balaban J connectivity index is 1.09. The van der Waals surface area contributed by atoms with Gasteiger partial charge in [0, 0.05) is 56.3 Å². The molecule has 0 bridgehead atoms. The van der Waals surface area contributed by atoms with E-state index >= 15 is 0 Å². The van der Waals surface area contributed by atoms with Crippen LogP contribution in [-0.2, 0) is 16.1 Å². The van der Waals surface area contributed by atoms with Gasteiger partial charge in [-0.25, -0.2) is 4.98 Å². The predicted molar refractivity (Wildman–Crippen MR) is 118 cm³/mol. The van der Waals surface area contributed by atoms with Crippen LogP contribution in [0.1, 0.15) is 37.1 Å². The Morgan fingerprint density at radius 1 is 1.10 bits per heavy atom. The highest BCUT2D eigenvalue weighted by molar-refractivity contribution is 7.15. The number of rotatable bonds is 4. The van der Waals surface area contributed by atoms with Crippen LogP contribution < -0.4 is 0 Å². The topological polar surface area (TPSA) is 53.3 Å². The number of nitrogens with zero attached hydrogens (tertiary/aromatic N) is 5. The first-order valence-electron chi connectivity index (χ1n) is 11.4. The number of aromatic nitrogens is 2. The molecule has 0 aliphatic carbocycles. The van der Waals surface area contributed by atoms with Gasteiger partial charge >= 0.3 is 0 Å². The van der Waals surface area contributed by atoms with Crippen molar-refractivity contribution in [3.05, 3.63) is 23.0 Å². The van der Waals surface area contributed by atoms with Crippen LogP contribution in [-0.4, -0.2) is 88.5 Å². The van der Waals surface area contributed by atoms with Gasteiger partial charge in [-0.05, 0) is 45.7 Å². The molecular formula is C22H33N5O2S. The van der Waals surface area contributed by atoms with Crippen LogP contribution in [0.2, 0.25) is 0 Å². The van der Waals surface area contributed by atoms with Crippen molar-refractivity contribution in [1.82, 2.24) is 24.1 Å². The number of thiazole rings is 1. The lowest BCUT2D eigenvalue weighted by atomic mass is 9.92. The highest BCUT2D eigenvalue weighted by Crippen LogP contribution is 2.27. The minimum atomic E-state index is 0.220. The fraction of sp³-hybridized carbons (Fsp3) is 0.727. The summed E-state index contributed by atoms with van der Waals surface area (Å²) < 4.78 is 7.64. The van der Waals surface area contributed by atoms with E-state index in [1.807, 2.05) is 4.90 Å². The highest BCUT2D eigenvalue weighted by atomic mass is 32.1. The van der Waals surface area contributed by atoms with Gasteiger partial charge in [-0.2, -0.15) is 0 Å². The van der Waals surface area contributed by atoms with Gasteiger partial charge in [-0.1, -0.05) is 0 Å². The second kappa shape index (κ2) is 8.94. The van der Waals surface area contributed by atoms with Gasteiger partial charge in [0.1, 0.15) is 0 Å². The Morgan fingerprint density at radius 2 is 1.83 bits per heavy atom. The molecule has 3 fully saturated rings. The number of likely N-dealkylation sites (tertiary alicyclic amines) is 2. The van der Waals surface area contributed by atoms with Crippen molar-refractivity contribution >= 4 is 22.2 Å². The molecule has 0 saturated carbocycles. The van der Waals surface area contributed by atoms with Crippen molar-refractivity contribution in [2.75, 3.05) is 52.5 Å². The molecule has 0 unspecified atom stereocenters. The number of carbonyl (C=O) groups is 1. The number of aryl methyl sites for hydroxylation is 1. The van der Waals surface area contributed by atoms with Crippen molar-refractivity contribution in [2.24, 2.45) is 5.92 Å². The third kappa shape index (κ3) is 4.15. The number of hydrogen-bond acceptors (Lipinski definition) is 6. The van der Waals surface area contributed by atoms with Gasteiger partial charge in [0.15, 0.2) is 4.96 Å². The zero-order valence-corrected chi connectivity index (χ0v) is 18.8. The van der Waals surface area contributed by atoms with E-state index in [9.17, 15) is 4.79 Å². The Morgan fingerprint density at radius 3 is 2.57 bits per heavy atom. The molecule has 3 saturated heterocycles. The van der Waals surface area contributed by atoms with Crippen molar-refractivity contribution in [3.63, 3.8) is 0 Å². The van der Waals surface area contributed by atoms with Crippen molar-refractivity contribution in [1.29, 1.82) is 0 Å². The van der Waals surface area contributed by atoms with Gasteiger partial charge < -0.3 is 14.5 Å². The van der Waals surface area contributed by atoms with Crippen LogP contribution >= 0.6 is 11.3 Å². The first kappa shape index (κ1) is 20.4. The van der Waals surface area contributed by atoms with Gasteiger partial charge in [-0.15, -0.1) is 11.3 Å². The number of amides is 1. The molecule has 0 aromatic carbocycles. The minimum Gasteiger partial charge on any atom is -0.378 e. The molecule has 164 valence electrons. The van der Waals surface area contributed by atoms with Crippen LogP contribution in [0, 0.1) is 12.8 Å². The lowest BCUT2D eigenvalue weighted by Crippen LogP contribution is -2.50. The smallest absolute Gasteiger partial charge is 0.225 e. The first-order valence-corrected chi connectivity index (χ1v) is 12.3. The van der Waals surface area contributed by atoms with Crippen LogP contribution in [0.25, 0.3) is 4.96 Å². The van der Waals surface area contributed by atoms with Crippen molar-refractivity contribution in [2.45, 2.75) is 45.2 Å². The van der Waals surface area contributed by atoms with E-state index in [4.69, 9.17) is 9.72 Å². The number of hydrogen-bond donors (Lipinski definition) is 0. The lowest BCUT2D eigenvalue weighted by molar-refractivity contribution is -0.141. The highest BCUT2D eigenvalue weighted by Gasteiger charge is 2.33. The molecular weight excluding hydrogens is 398 g/mol. The fourth-order valence-corrected chi connectivity index (χ4v) is 6.12. The molecule has 5 rings (SSSR count). The van der Waals surface area contributed by atoms with Crippen LogP contribution in [0.15, 0.2) is 11.6 Å². The van der Waals surface area contributed by atoms with Gasteiger partial charge in [0.25, 0.3) is 0 Å². The summed E-state index contributed by atoms with van der Waals surface area (Å²) >= 11 is 1.71. The van der Waals surface area contributed by atoms with E-state index in [1.54, 1.807) is 11.3 Å². The van der Waals surface area contributed by atoms with Crippen molar-refractivity contribution < 1.29 is 9.53 Å². The van der Waals surface area contributed by atoms with Gasteiger partial charge in [0.2, 0.25) is 5.91 Å². The summed E-state index contributed by atoms with van der Waals surface area (Å²) in [5, 5.41) is 2.12. The normalized spacial score (nSPS) is 23.4. The van der Waals surface area contributed by atoms with Crippen LogP contribution in [0.3, 0.4) is 0 Å². The number of carbonyl (C=O) groups excluding carboxylic acids is 1. The summed E-state index contributed by atoms with van der Waals surface area (Å²) in [5.41, 5.74) is 2.50. The van der Waals surface area contributed by atoms with Crippen LogP contribution in [0.4, 0.5) is 0 Å². The van der Waals surface area contributed by atoms with E-state index < -0.39 is 0 Å². The molecule has 0 atom stereocenters. The molecule has 0 radical (unpaired) electrons. The summed E-state index contributed by atoms with van der Waals surface area (Å²) in [6.07, 6.45) is 6.63. The monoisotopic (exact) mass is 431 g/mol. The fourth-order valence-electron chi connectivity index (χ4n) is 5.34. The van der Waals surface area contributed by atoms with Gasteiger partial charge in [0.05, 0.1) is 24.6 Å². The summed E-state index contributed by atoms with van der Waals surface area (Å²) in [6.45, 7) is 10.5. The second-order valence-electron chi connectivity index (χ2n) is 8.95. The third-order valence-electron chi connectivity index (χ3n) is 7.21. The quantitative estimate of drug-likeness (QED) is 0.743. The number of ether oxygens (including phenoxy) is 1. The largest absolute Gasteiger partial charge is 0.378 e. The second-order valence-corrected chi connectivity index (χ2v) is 9.83. The number of piperidine rings is 2. The maximum absolute atomic E-state index is 12.8. The minimum absolute atomic E-state index is 0.220. The number of fused-ring (bicyclic) bond motifs is 1. The molecule has 7 nitrogen and oxygen atoms in total. The molecule has 3 aliphatic heterocycles. The first-order chi connectivity index (χ1) is 14.7. The van der Waals surface area contributed by atoms with E-state index in [0.717, 1.165) is 69.3 Å². The van der Waals surface area contributed by atoms with E-state index in [2.05, 4.69) is 32.7 Å². The molecule has 8 heteroatoms. The van der Waals surface area contributed by atoms with Gasteiger partial charge in [-0.3, -0.25) is 14.1 Å².